The van der Waals surface area contributed by atoms with Gasteiger partial charge in [0.05, 0.1) is 35.4 Å². The Kier molecular flexibility index (Phi) is 4.20. The number of nitrogen functional groups attached to an aromatic ring is 1. The lowest BCUT2D eigenvalue weighted by molar-refractivity contribution is 0.0526. The number of pyridine rings is 1. The van der Waals surface area contributed by atoms with Gasteiger partial charge in [0.25, 0.3) is 0 Å². The highest BCUT2D eigenvalue weighted by Gasteiger charge is 2.09. The molecule has 104 valence electrons. The molecule has 5 nitrogen and oxygen atoms in total. The first-order chi connectivity index (χ1) is 9.60. The number of hydrogen-bond acceptors (Lipinski definition) is 5. The predicted octanol–water partition coefficient (Wildman–Crippen LogP) is 2.89. The van der Waals surface area contributed by atoms with Crippen molar-refractivity contribution in [2.45, 2.75) is 13.8 Å². The topological polar surface area (TPSA) is 77.2 Å². The molecule has 0 unspecified atom stereocenters. The minimum Gasteiger partial charge on any atom is -0.462 e. The molecule has 20 heavy (non-hydrogen) atoms. The Bertz CT molecular complexity index is 609. The van der Waals surface area contributed by atoms with Crippen molar-refractivity contribution in [2.75, 3.05) is 17.7 Å². The van der Waals surface area contributed by atoms with Crippen LogP contribution in [-0.2, 0) is 4.74 Å². The maximum absolute atomic E-state index is 11.7. The first-order valence-corrected chi connectivity index (χ1v) is 6.36. The van der Waals surface area contributed by atoms with E-state index in [4.69, 9.17) is 10.5 Å². The highest BCUT2D eigenvalue weighted by Crippen LogP contribution is 2.24. The average molecular weight is 271 g/mol. The van der Waals surface area contributed by atoms with E-state index in [0.29, 0.717) is 23.5 Å². The number of nitrogens with two attached hydrogens (primary N) is 1. The number of aromatic nitrogens is 1. The lowest BCUT2D eigenvalue weighted by atomic mass is 10.1. The third-order valence-corrected chi connectivity index (χ3v) is 2.75. The SMILES string of the molecule is CCOC(=O)c1ccc(N)c(Nc2ccc(C)nc2)c1. The number of carbonyl (C=O) groups excluding carboxylic acids is 1. The quantitative estimate of drug-likeness (QED) is 0.660. The number of ether oxygens (including phenoxy) is 1. The number of nitrogens with one attached hydrogen (secondary N) is 1. The van der Waals surface area contributed by atoms with Crippen LogP contribution in [0.15, 0.2) is 36.5 Å². The maximum Gasteiger partial charge on any atom is 0.338 e. The molecule has 0 aliphatic carbocycles. The largest absolute Gasteiger partial charge is 0.462 e. The summed E-state index contributed by atoms with van der Waals surface area (Å²) in [5, 5.41) is 3.14. The number of benzene rings is 1. The van der Waals surface area contributed by atoms with Crippen molar-refractivity contribution >= 4 is 23.0 Å². The Morgan fingerprint density at radius 2 is 2.15 bits per heavy atom. The summed E-state index contributed by atoms with van der Waals surface area (Å²) in [5.41, 5.74) is 9.32. The summed E-state index contributed by atoms with van der Waals surface area (Å²) >= 11 is 0. The van der Waals surface area contributed by atoms with Crippen LogP contribution in [0.25, 0.3) is 0 Å². The van der Waals surface area contributed by atoms with Gasteiger partial charge >= 0.3 is 5.97 Å². The Morgan fingerprint density at radius 3 is 2.80 bits per heavy atom. The minimum atomic E-state index is -0.363. The lowest BCUT2D eigenvalue weighted by Crippen LogP contribution is -2.06. The van der Waals surface area contributed by atoms with E-state index in [0.717, 1.165) is 11.4 Å². The molecule has 0 atom stereocenters. The molecule has 0 spiro atoms. The third kappa shape index (κ3) is 3.26. The molecule has 0 radical (unpaired) electrons. The fourth-order valence-electron chi connectivity index (χ4n) is 1.70. The van der Waals surface area contributed by atoms with E-state index < -0.39 is 0 Å². The normalized spacial score (nSPS) is 10.1. The van der Waals surface area contributed by atoms with Crippen molar-refractivity contribution in [2.24, 2.45) is 0 Å². The van der Waals surface area contributed by atoms with Crippen LogP contribution in [0.5, 0.6) is 0 Å². The van der Waals surface area contributed by atoms with Crippen LogP contribution in [0.1, 0.15) is 23.0 Å². The summed E-state index contributed by atoms with van der Waals surface area (Å²) in [6.07, 6.45) is 1.71. The second-order valence-electron chi connectivity index (χ2n) is 4.34. The van der Waals surface area contributed by atoms with Gasteiger partial charge in [-0.1, -0.05) is 0 Å². The summed E-state index contributed by atoms with van der Waals surface area (Å²) in [6.45, 7) is 4.03. The van der Waals surface area contributed by atoms with Gasteiger partial charge in [0.15, 0.2) is 0 Å². The Labute approximate surface area is 117 Å². The molecule has 0 saturated heterocycles. The van der Waals surface area contributed by atoms with E-state index in [1.165, 1.54) is 0 Å². The van der Waals surface area contributed by atoms with Crippen molar-refractivity contribution in [1.29, 1.82) is 0 Å². The van der Waals surface area contributed by atoms with Crippen LogP contribution in [0.3, 0.4) is 0 Å². The summed E-state index contributed by atoms with van der Waals surface area (Å²) in [6, 6.07) is 8.79. The van der Waals surface area contributed by atoms with E-state index in [2.05, 4.69) is 10.3 Å². The van der Waals surface area contributed by atoms with Crippen molar-refractivity contribution in [3.8, 4) is 0 Å². The molecule has 0 aliphatic rings. The summed E-state index contributed by atoms with van der Waals surface area (Å²) in [4.78, 5) is 15.9. The molecule has 2 aromatic rings. The van der Waals surface area contributed by atoms with Crippen molar-refractivity contribution in [3.05, 3.63) is 47.8 Å². The van der Waals surface area contributed by atoms with Gasteiger partial charge in [0.2, 0.25) is 0 Å². The van der Waals surface area contributed by atoms with Crippen LogP contribution in [0.4, 0.5) is 17.1 Å². The first-order valence-electron chi connectivity index (χ1n) is 6.36. The highest BCUT2D eigenvalue weighted by molar-refractivity contribution is 5.92. The van der Waals surface area contributed by atoms with Crippen LogP contribution in [0.2, 0.25) is 0 Å². The minimum absolute atomic E-state index is 0.341. The zero-order chi connectivity index (χ0) is 14.5. The van der Waals surface area contributed by atoms with Crippen LogP contribution in [0, 0.1) is 6.92 Å². The molecule has 0 amide bonds. The third-order valence-electron chi connectivity index (χ3n) is 2.75. The lowest BCUT2D eigenvalue weighted by Gasteiger charge is -2.11. The standard InChI is InChI=1S/C15H17N3O2/c1-3-20-15(19)11-5-7-13(16)14(8-11)18-12-6-4-10(2)17-9-12/h4-9,18H,3,16H2,1-2H3. The number of carbonyl (C=O) groups is 1. The number of aryl methyl sites for hydroxylation is 1. The molecule has 1 aromatic heterocycles. The Hall–Kier alpha value is -2.56. The molecule has 3 N–H and O–H groups in total. The fourth-order valence-corrected chi connectivity index (χ4v) is 1.70. The number of esters is 1. The average Bonchev–Trinajstić information content (AvgIpc) is 2.44. The number of anilines is 3. The van der Waals surface area contributed by atoms with Crippen molar-refractivity contribution in [3.63, 3.8) is 0 Å². The number of rotatable bonds is 4. The zero-order valence-corrected chi connectivity index (χ0v) is 11.5. The van der Waals surface area contributed by atoms with Crippen LogP contribution in [-0.4, -0.2) is 17.6 Å². The molecule has 0 saturated carbocycles. The van der Waals surface area contributed by atoms with Gasteiger partial charge < -0.3 is 15.8 Å². The van der Waals surface area contributed by atoms with E-state index in [1.807, 2.05) is 19.1 Å². The fraction of sp³-hybridized carbons (Fsp3) is 0.200. The molecule has 0 bridgehead atoms. The molecule has 5 heteroatoms. The van der Waals surface area contributed by atoms with Crippen molar-refractivity contribution < 1.29 is 9.53 Å². The molecule has 1 heterocycles. The van der Waals surface area contributed by atoms with Gasteiger partial charge in [-0.25, -0.2) is 4.79 Å². The van der Waals surface area contributed by atoms with Gasteiger partial charge in [-0.3, -0.25) is 4.98 Å². The van der Waals surface area contributed by atoms with Crippen LogP contribution >= 0.6 is 0 Å². The van der Waals surface area contributed by atoms with Gasteiger partial charge in [-0.15, -0.1) is 0 Å². The predicted molar refractivity (Wildman–Crippen MR) is 79.1 cm³/mol. The monoisotopic (exact) mass is 271 g/mol. The van der Waals surface area contributed by atoms with Gasteiger partial charge in [0, 0.05) is 5.69 Å². The second kappa shape index (κ2) is 6.06. The van der Waals surface area contributed by atoms with E-state index in [-0.39, 0.29) is 5.97 Å². The Balaban J connectivity index is 2.24. The summed E-state index contributed by atoms with van der Waals surface area (Å²) in [5.74, 6) is -0.363. The van der Waals surface area contributed by atoms with Gasteiger partial charge in [-0.2, -0.15) is 0 Å². The van der Waals surface area contributed by atoms with E-state index >= 15 is 0 Å². The Morgan fingerprint density at radius 1 is 1.35 bits per heavy atom. The highest BCUT2D eigenvalue weighted by atomic mass is 16.5. The summed E-state index contributed by atoms with van der Waals surface area (Å²) in [7, 11) is 0. The van der Waals surface area contributed by atoms with Crippen LogP contribution < -0.4 is 11.1 Å². The van der Waals surface area contributed by atoms with Gasteiger partial charge in [-0.05, 0) is 44.2 Å². The van der Waals surface area contributed by atoms with E-state index in [9.17, 15) is 4.79 Å². The maximum atomic E-state index is 11.7. The van der Waals surface area contributed by atoms with Crippen molar-refractivity contribution in [1.82, 2.24) is 4.98 Å². The summed E-state index contributed by atoms with van der Waals surface area (Å²) < 4.78 is 4.97. The number of hydrogen-bond donors (Lipinski definition) is 2. The second-order valence-corrected chi connectivity index (χ2v) is 4.34. The molecular formula is C15H17N3O2. The zero-order valence-electron chi connectivity index (χ0n) is 11.5. The smallest absolute Gasteiger partial charge is 0.338 e. The van der Waals surface area contributed by atoms with Gasteiger partial charge in [0.1, 0.15) is 0 Å². The molecule has 2 rings (SSSR count). The molecule has 0 fully saturated rings. The number of nitrogens with zero attached hydrogens (tertiary/aromatic N) is 1. The van der Waals surface area contributed by atoms with E-state index in [1.54, 1.807) is 31.3 Å². The first kappa shape index (κ1) is 13.9. The molecule has 1 aromatic carbocycles. The molecule has 0 aliphatic heterocycles. The molecular weight excluding hydrogens is 254 g/mol.